The van der Waals surface area contributed by atoms with Crippen LogP contribution in [0.4, 0.5) is 6.01 Å². The number of morpholine rings is 1. The van der Waals surface area contributed by atoms with Crippen LogP contribution < -0.4 is 4.90 Å². The van der Waals surface area contributed by atoms with Crippen molar-refractivity contribution in [3.05, 3.63) is 12.0 Å². The monoisotopic (exact) mass is 212 g/mol. The summed E-state index contributed by atoms with van der Waals surface area (Å²) in [4.78, 5) is 16.3. The zero-order valence-corrected chi connectivity index (χ0v) is 8.34. The smallest absolute Gasteiger partial charge is 0.357 e. The SMILES string of the molecule is CC1CN(c2nc(C(=O)O)co2)CCO1. The van der Waals surface area contributed by atoms with Crippen molar-refractivity contribution in [3.63, 3.8) is 0 Å². The molecule has 1 aromatic rings. The molecule has 1 aromatic heterocycles. The number of carboxylic acid groups (broad SMARTS) is 1. The fraction of sp³-hybridized carbons (Fsp3) is 0.556. The molecule has 1 aliphatic heterocycles. The van der Waals surface area contributed by atoms with E-state index in [1.165, 1.54) is 0 Å². The molecule has 0 amide bonds. The van der Waals surface area contributed by atoms with Gasteiger partial charge in [0, 0.05) is 13.1 Å². The van der Waals surface area contributed by atoms with Crippen LogP contribution in [-0.4, -0.2) is 41.9 Å². The van der Waals surface area contributed by atoms with Gasteiger partial charge in [-0.3, -0.25) is 0 Å². The molecular formula is C9H12N2O4. The van der Waals surface area contributed by atoms with E-state index >= 15 is 0 Å². The number of ether oxygens (including phenoxy) is 1. The van der Waals surface area contributed by atoms with Crippen molar-refractivity contribution in [3.8, 4) is 0 Å². The highest BCUT2D eigenvalue weighted by molar-refractivity contribution is 5.85. The lowest BCUT2D eigenvalue weighted by Gasteiger charge is -2.29. The fourth-order valence-electron chi connectivity index (χ4n) is 1.50. The van der Waals surface area contributed by atoms with Crippen LogP contribution in [0.15, 0.2) is 10.7 Å². The first kappa shape index (κ1) is 9.97. The Morgan fingerprint density at radius 1 is 1.73 bits per heavy atom. The quantitative estimate of drug-likeness (QED) is 0.773. The lowest BCUT2D eigenvalue weighted by atomic mass is 10.3. The molecule has 15 heavy (non-hydrogen) atoms. The van der Waals surface area contributed by atoms with Crippen molar-refractivity contribution in [2.45, 2.75) is 13.0 Å². The van der Waals surface area contributed by atoms with Gasteiger partial charge in [-0.2, -0.15) is 4.98 Å². The normalized spacial score (nSPS) is 21.7. The minimum absolute atomic E-state index is 0.0656. The minimum Gasteiger partial charge on any atom is -0.476 e. The summed E-state index contributed by atoms with van der Waals surface area (Å²) in [6.45, 7) is 3.89. The first-order chi connectivity index (χ1) is 7.16. The molecule has 2 rings (SSSR count). The van der Waals surface area contributed by atoms with Gasteiger partial charge in [-0.25, -0.2) is 4.79 Å². The standard InChI is InChI=1S/C9H12N2O4/c1-6-4-11(2-3-14-6)9-10-7(5-15-9)8(12)13/h5-6H,2-4H2,1H3,(H,12,13). The second kappa shape index (κ2) is 3.90. The molecule has 0 spiro atoms. The van der Waals surface area contributed by atoms with Crippen LogP contribution in [0.2, 0.25) is 0 Å². The average molecular weight is 212 g/mol. The Hall–Kier alpha value is -1.56. The molecule has 6 nitrogen and oxygen atoms in total. The third-order valence-electron chi connectivity index (χ3n) is 2.22. The number of hydrogen-bond donors (Lipinski definition) is 1. The largest absolute Gasteiger partial charge is 0.476 e. The molecule has 1 N–H and O–H groups in total. The summed E-state index contributed by atoms with van der Waals surface area (Å²) in [5.74, 6) is -1.08. The third kappa shape index (κ3) is 2.10. The molecule has 0 bridgehead atoms. The van der Waals surface area contributed by atoms with Crippen LogP contribution in [0.3, 0.4) is 0 Å². The summed E-state index contributed by atoms with van der Waals surface area (Å²) in [6, 6.07) is 0.350. The summed E-state index contributed by atoms with van der Waals surface area (Å²) < 4.78 is 10.4. The molecule has 0 aromatic carbocycles. The second-order valence-corrected chi connectivity index (χ2v) is 3.45. The number of anilines is 1. The maximum absolute atomic E-state index is 10.6. The number of carboxylic acids is 1. The van der Waals surface area contributed by atoms with Crippen molar-refractivity contribution in [2.24, 2.45) is 0 Å². The minimum atomic E-state index is -1.08. The molecule has 1 aliphatic rings. The van der Waals surface area contributed by atoms with Gasteiger partial charge in [0.25, 0.3) is 6.01 Å². The van der Waals surface area contributed by atoms with Crippen LogP contribution in [0, 0.1) is 0 Å². The van der Waals surface area contributed by atoms with E-state index < -0.39 is 5.97 Å². The fourth-order valence-corrected chi connectivity index (χ4v) is 1.50. The summed E-state index contributed by atoms with van der Waals surface area (Å²) in [7, 11) is 0. The highest BCUT2D eigenvalue weighted by Gasteiger charge is 2.21. The van der Waals surface area contributed by atoms with Crippen molar-refractivity contribution in [2.75, 3.05) is 24.6 Å². The van der Waals surface area contributed by atoms with Gasteiger partial charge in [0.1, 0.15) is 6.26 Å². The van der Waals surface area contributed by atoms with Crippen molar-refractivity contribution in [1.29, 1.82) is 0 Å². The van der Waals surface area contributed by atoms with Gasteiger partial charge in [-0.1, -0.05) is 0 Å². The van der Waals surface area contributed by atoms with Crippen LogP contribution in [-0.2, 0) is 4.74 Å². The van der Waals surface area contributed by atoms with E-state index in [9.17, 15) is 4.79 Å². The van der Waals surface area contributed by atoms with Gasteiger partial charge in [0.05, 0.1) is 12.7 Å². The molecule has 0 radical (unpaired) electrons. The number of nitrogens with zero attached hydrogens (tertiary/aromatic N) is 2. The number of rotatable bonds is 2. The van der Waals surface area contributed by atoms with Gasteiger partial charge in [0.15, 0.2) is 5.69 Å². The van der Waals surface area contributed by atoms with Crippen LogP contribution in [0.1, 0.15) is 17.4 Å². The molecule has 1 saturated heterocycles. The van der Waals surface area contributed by atoms with E-state index in [1.807, 2.05) is 11.8 Å². The second-order valence-electron chi connectivity index (χ2n) is 3.45. The number of aromatic carboxylic acids is 1. The van der Waals surface area contributed by atoms with Crippen molar-refractivity contribution < 1.29 is 19.1 Å². The van der Waals surface area contributed by atoms with Gasteiger partial charge >= 0.3 is 5.97 Å². The molecule has 82 valence electrons. The highest BCUT2D eigenvalue weighted by atomic mass is 16.5. The highest BCUT2D eigenvalue weighted by Crippen LogP contribution is 2.16. The summed E-state index contributed by atoms with van der Waals surface area (Å²) in [5.41, 5.74) is -0.0656. The maximum Gasteiger partial charge on any atom is 0.357 e. The van der Waals surface area contributed by atoms with Gasteiger partial charge in [-0.05, 0) is 6.92 Å². The summed E-state index contributed by atoms with van der Waals surface area (Å²) >= 11 is 0. The Morgan fingerprint density at radius 2 is 2.53 bits per heavy atom. The number of oxazole rings is 1. The number of aromatic nitrogens is 1. The predicted molar refractivity (Wildman–Crippen MR) is 51.1 cm³/mol. The average Bonchev–Trinajstić information content (AvgIpc) is 2.66. The lowest BCUT2D eigenvalue weighted by molar-refractivity contribution is 0.0514. The van der Waals surface area contributed by atoms with E-state index in [-0.39, 0.29) is 11.8 Å². The first-order valence-corrected chi connectivity index (χ1v) is 4.72. The Morgan fingerprint density at radius 3 is 3.13 bits per heavy atom. The van der Waals surface area contributed by atoms with Crippen molar-refractivity contribution in [1.82, 2.24) is 4.98 Å². The number of hydrogen-bond acceptors (Lipinski definition) is 5. The van der Waals surface area contributed by atoms with E-state index in [0.717, 1.165) is 6.26 Å². The Bertz CT molecular complexity index is 363. The lowest BCUT2D eigenvalue weighted by Crippen LogP contribution is -2.41. The molecular weight excluding hydrogens is 200 g/mol. The third-order valence-corrected chi connectivity index (χ3v) is 2.22. The van der Waals surface area contributed by atoms with Gasteiger partial charge < -0.3 is 19.2 Å². The molecule has 0 saturated carbocycles. The Labute approximate surface area is 86.5 Å². The number of carbonyl (C=O) groups is 1. The Kier molecular flexibility index (Phi) is 2.59. The van der Waals surface area contributed by atoms with E-state index in [0.29, 0.717) is 25.7 Å². The maximum atomic E-state index is 10.6. The summed E-state index contributed by atoms with van der Waals surface area (Å²) in [6.07, 6.45) is 1.26. The Balaban J connectivity index is 2.11. The molecule has 2 heterocycles. The zero-order chi connectivity index (χ0) is 10.8. The predicted octanol–water partition coefficient (Wildman–Crippen LogP) is 0.598. The molecule has 1 unspecified atom stereocenters. The molecule has 1 atom stereocenters. The van der Waals surface area contributed by atoms with Crippen LogP contribution in [0.25, 0.3) is 0 Å². The molecule has 0 aliphatic carbocycles. The first-order valence-electron chi connectivity index (χ1n) is 4.72. The van der Waals surface area contributed by atoms with Gasteiger partial charge in [0.2, 0.25) is 0 Å². The van der Waals surface area contributed by atoms with E-state index in [2.05, 4.69) is 4.98 Å². The van der Waals surface area contributed by atoms with Gasteiger partial charge in [-0.15, -0.1) is 0 Å². The molecule has 1 fully saturated rings. The van der Waals surface area contributed by atoms with E-state index in [4.69, 9.17) is 14.3 Å². The molecule has 6 heteroatoms. The zero-order valence-electron chi connectivity index (χ0n) is 8.34. The van der Waals surface area contributed by atoms with Crippen LogP contribution >= 0.6 is 0 Å². The topological polar surface area (TPSA) is 75.8 Å². The summed E-state index contributed by atoms with van der Waals surface area (Å²) in [5, 5.41) is 8.68. The van der Waals surface area contributed by atoms with E-state index in [1.54, 1.807) is 0 Å². The van der Waals surface area contributed by atoms with Crippen LogP contribution in [0.5, 0.6) is 0 Å². The van der Waals surface area contributed by atoms with Crippen molar-refractivity contribution >= 4 is 12.0 Å².